The predicted molar refractivity (Wildman–Crippen MR) is 83.7 cm³/mol. The zero-order valence-electron chi connectivity index (χ0n) is 12.8. The van der Waals surface area contributed by atoms with Crippen LogP contribution in [-0.4, -0.2) is 70.4 Å². The summed E-state index contributed by atoms with van der Waals surface area (Å²) in [4.78, 5) is 45.5. The quantitative estimate of drug-likeness (QED) is 0.215. The number of aliphatic hydroxyl groups is 1. The lowest BCUT2D eigenvalue weighted by atomic mass is 10.1. The Morgan fingerprint density at radius 1 is 1.13 bits per heavy atom. The van der Waals surface area contributed by atoms with E-state index in [2.05, 4.69) is 28.6 Å². The van der Waals surface area contributed by atoms with Gasteiger partial charge in [0, 0.05) is 5.75 Å². The van der Waals surface area contributed by atoms with Gasteiger partial charge < -0.3 is 31.9 Å². The summed E-state index contributed by atoms with van der Waals surface area (Å²) in [6, 6.07) is -3.33. The number of carboxylic acid groups (broad SMARTS) is 1. The van der Waals surface area contributed by atoms with Crippen LogP contribution in [0, 0.1) is 0 Å². The molecule has 0 aliphatic rings. The Bertz CT molecular complexity index is 459. The first-order valence-electron chi connectivity index (χ1n) is 6.74. The predicted octanol–water partition coefficient (Wildman–Crippen LogP) is -3.19. The van der Waals surface area contributed by atoms with Gasteiger partial charge in [-0.15, -0.1) is 0 Å². The Morgan fingerprint density at radius 3 is 2.13 bits per heavy atom. The molecule has 4 atom stereocenters. The summed E-state index contributed by atoms with van der Waals surface area (Å²) in [6.07, 6.45) is -1.08. The van der Waals surface area contributed by atoms with Crippen LogP contribution < -0.4 is 21.7 Å². The summed E-state index contributed by atoms with van der Waals surface area (Å²) in [5, 5.41) is 24.6. The zero-order valence-corrected chi connectivity index (χ0v) is 13.7. The lowest BCUT2D eigenvalue weighted by Crippen LogP contribution is -2.54. The van der Waals surface area contributed by atoms with Crippen molar-refractivity contribution < 1.29 is 29.4 Å². The molecule has 7 N–H and O–H groups in total. The van der Waals surface area contributed by atoms with Gasteiger partial charge in [-0.3, -0.25) is 14.4 Å². The van der Waals surface area contributed by atoms with Crippen LogP contribution in [0.25, 0.3) is 0 Å². The molecule has 11 heteroatoms. The lowest BCUT2D eigenvalue weighted by Gasteiger charge is -2.19. The Hall–Kier alpha value is -1.85. The van der Waals surface area contributed by atoms with Crippen molar-refractivity contribution >= 4 is 36.3 Å². The number of amides is 3. The second-order valence-electron chi connectivity index (χ2n) is 4.86. The number of rotatable bonds is 9. The van der Waals surface area contributed by atoms with Gasteiger partial charge in [0.1, 0.15) is 18.1 Å². The summed E-state index contributed by atoms with van der Waals surface area (Å²) in [5.41, 5.74) is 5.41. The molecule has 0 rings (SSSR count). The molecule has 0 aromatic carbocycles. The number of aliphatic carboxylic acids is 1. The van der Waals surface area contributed by atoms with E-state index in [1.165, 1.54) is 13.8 Å². The van der Waals surface area contributed by atoms with E-state index in [0.717, 1.165) is 0 Å². The first kappa shape index (κ1) is 21.1. The molecule has 23 heavy (non-hydrogen) atoms. The molecule has 0 aromatic rings. The highest BCUT2D eigenvalue weighted by Crippen LogP contribution is 1.91. The van der Waals surface area contributed by atoms with Crippen molar-refractivity contribution in [1.82, 2.24) is 16.0 Å². The number of carboxylic acids is 1. The van der Waals surface area contributed by atoms with Crippen molar-refractivity contribution in [2.24, 2.45) is 5.73 Å². The third-order valence-corrected chi connectivity index (χ3v) is 3.18. The van der Waals surface area contributed by atoms with Gasteiger partial charge in [0.05, 0.1) is 12.6 Å². The normalized spacial score (nSPS) is 15.7. The maximum absolute atomic E-state index is 11.7. The molecule has 10 nitrogen and oxygen atoms in total. The van der Waals surface area contributed by atoms with Crippen molar-refractivity contribution in [3.63, 3.8) is 0 Å². The number of aliphatic hydroxyl groups excluding tert-OH is 1. The topological polar surface area (TPSA) is 171 Å². The highest BCUT2D eigenvalue weighted by molar-refractivity contribution is 7.80. The molecule has 0 saturated heterocycles. The van der Waals surface area contributed by atoms with E-state index in [9.17, 15) is 24.3 Å². The Morgan fingerprint density at radius 2 is 1.70 bits per heavy atom. The molecule has 0 spiro atoms. The van der Waals surface area contributed by atoms with Gasteiger partial charge >= 0.3 is 5.97 Å². The molecule has 132 valence electrons. The SMILES string of the molecule is CC(NC(=O)C(N)C(C)O)C(=O)NCC(=O)NC(CS)C(=O)O. The monoisotopic (exact) mass is 350 g/mol. The number of carbonyl (C=O) groups is 4. The highest BCUT2D eigenvalue weighted by atomic mass is 32.1. The molecular formula is C12H22N4O6S. The molecule has 0 fully saturated rings. The molecule has 0 aromatic heterocycles. The van der Waals surface area contributed by atoms with E-state index < -0.39 is 54.5 Å². The average molecular weight is 350 g/mol. The van der Waals surface area contributed by atoms with E-state index in [1.54, 1.807) is 0 Å². The maximum atomic E-state index is 11.7. The van der Waals surface area contributed by atoms with Gasteiger partial charge in [-0.2, -0.15) is 12.6 Å². The number of nitrogens with one attached hydrogen (secondary N) is 3. The van der Waals surface area contributed by atoms with Gasteiger partial charge in [0.15, 0.2) is 0 Å². The van der Waals surface area contributed by atoms with E-state index in [0.29, 0.717) is 0 Å². The van der Waals surface area contributed by atoms with Crippen LogP contribution in [0.1, 0.15) is 13.8 Å². The molecule has 4 unspecified atom stereocenters. The van der Waals surface area contributed by atoms with Crippen LogP contribution in [0.2, 0.25) is 0 Å². The lowest BCUT2D eigenvalue weighted by molar-refractivity contribution is -0.141. The van der Waals surface area contributed by atoms with E-state index in [-0.39, 0.29) is 5.75 Å². The molecule has 0 radical (unpaired) electrons. The van der Waals surface area contributed by atoms with Crippen LogP contribution in [0.5, 0.6) is 0 Å². The number of thiol groups is 1. The smallest absolute Gasteiger partial charge is 0.327 e. The minimum absolute atomic E-state index is 0.0985. The van der Waals surface area contributed by atoms with Gasteiger partial charge in [0.25, 0.3) is 0 Å². The second-order valence-corrected chi connectivity index (χ2v) is 5.22. The molecular weight excluding hydrogens is 328 g/mol. The number of hydrogen-bond acceptors (Lipinski definition) is 7. The zero-order chi connectivity index (χ0) is 18.2. The van der Waals surface area contributed by atoms with Gasteiger partial charge in [0.2, 0.25) is 17.7 Å². The van der Waals surface area contributed by atoms with Crippen molar-refractivity contribution in [1.29, 1.82) is 0 Å². The molecule has 0 aliphatic carbocycles. The second kappa shape index (κ2) is 10.0. The fourth-order valence-electron chi connectivity index (χ4n) is 1.35. The minimum atomic E-state index is -1.24. The Labute approximate surface area is 138 Å². The van der Waals surface area contributed by atoms with Gasteiger partial charge in [-0.05, 0) is 13.8 Å². The van der Waals surface area contributed by atoms with Crippen LogP contribution >= 0.6 is 12.6 Å². The third-order valence-electron chi connectivity index (χ3n) is 2.81. The largest absolute Gasteiger partial charge is 0.480 e. The number of hydrogen-bond donors (Lipinski definition) is 7. The van der Waals surface area contributed by atoms with Crippen molar-refractivity contribution in [3.05, 3.63) is 0 Å². The summed E-state index contributed by atoms with van der Waals surface area (Å²) >= 11 is 3.78. The van der Waals surface area contributed by atoms with Crippen LogP contribution in [0.4, 0.5) is 0 Å². The number of carbonyl (C=O) groups excluding carboxylic acids is 3. The summed E-state index contributed by atoms with van der Waals surface area (Å²) in [6.45, 7) is 2.24. The van der Waals surface area contributed by atoms with Crippen LogP contribution in [0.3, 0.4) is 0 Å². The van der Waals surface area contributed by atoms with Crippen molar-refractivity contribution in [3.8, 4) is 0 Å². The number of nitrogens with two attached hydrogens (primary N) is 1. The fourth-order valence-corrected chi connectivity index (χ4v) is 1.59. The molecule has 3 amide bonds. The fraction of sp³-hybridized carbons (Fsp3) is 0.667. The van der Waals surface area contributed by atoms with E-state index in [1.807, 2.05) is 0 Å². The van der Waals surface area contributed by atoms with Crippen LogP contribution in [-0.2, 0) is 19.2 Å². The van der Waals surface area contributed by atoms with Crippen molar-refractivity contribution in [2.45, 2.75) is 38.1 Å². The van der Waals surface area contributed by atoms with E-state index in [4.69, 9.17) is 10.8 Å². The molecule has 0 saturated carbocycles. The Kier molecular flexibility index (Phi) is 9.22. The van der Waals surface area contributed by atoms with Crippen molar-refractivity contribution in [2.75, 3.05) is 12.3 Å². The van der Waals surface area contributed by atoms with E-state index >= 15 is 0 Å². The minimum Gasteiger partial charge on any atom is -0.480 e. The van der Waals surface area contributed by atoms with Crippen LogP contribution in [0.15, 0.2) is 0 Å². The maximum Gasteiger partial charge on any atom is 0.327 e. The molecule has 0 aliphatic heterocycles. The Balaban J connectivity index is 4.30. The average Bonchev–Trinajstić information content (AvgIpc) is 2.48. The molecule has 0 heterocycles. The van der Waals surface area contributed by atoms with Gasteiger partial charge in [-0.25, -0.2) is 4.79 Å². The third kappa shape index (κ3) is 7.81. The molecule has 0 bridgehead atoms. The van der Waals surface area contributed by atoms with Gasteiger partial charge in [-0.1, -0.05) is 0 Å². The standard InChI is InChI=1S/C12H22N4O6S/c1-5(15-11(20)9(13)6(2)17)10(19)14-3-8(18)16-7(4-23)12(21)22/h5-7,9,17,23H,3-4,13H2,1-2H3,(H,14,19)(H,15,20)(H,16,18)(H,21,22). The first-order valence-corrected chi connectivity index (χ1v) is 7.38. The first-order chi connectivity index (χ1) is 10.6. The highest BCUT2D eigenvalue weighted by Gasteiger charge is 2.24. The summed E-state index contributed by atoms with van der Waals surface area (Å²) in [5.74, 6) is -3.43. The summed E-state index contributed by atoms with van der Waals surface area (Å²) in [7, 11) is 0. The summed E-state index contributed by atoms with van der Waals surface area (Å²) < 4.78 is 0.